The Hall–Kier alpha value is -3.58. The number of benzene rings is 1. The van der Waals surface area contributed by atoms with E-state index in [4.69, 9.17) is 9.15 Å². The molecule has 1 aromatic carbocycles. The number of fused-ring (bicyclic) bond motifs is 1. The molecular formula is C27H27N3O3S. The second-order valence-corrected chi connectivity index (χ2v) is 9.28. The van der Waals surface area contributed by atoms with Crippen LogP contribution in [0.4, 0.5) is 10.8 Å². The second kappa shape index (κ2) is 10.1. The summed E-state index contributed by atoms with van der Waals surface area (Å²) in [5.41, 5.74) is 3.51. The van der Waals surface area contributed by atoms with Crippen molar-refractivity contribution in [1.29, 1.82) is 0 Å². The van der Waals surface area contributed by atoms with Gasteiger partial charge in [0.1, 0.15) is 16.6 Å². The zero-order valence-electron chi connectivity index (χ0n) is 19.0. The van der Waals surface area contributed by atoms with Gasteiger partial charge in [-0.1, -0.05) is 18.2 Å². The quantitative estimate of drug-likeness (QED) is 0.307. The van der Waals surface area contributed by atoms with E-state index in [1.54, 1.807) is 29.7 Å². The van der Waals surface area contributed by atoms with Crippen LogP contribution in [0.5, 0.6) is 5.75 Å². The van der Waals surface area contributed by atoms with Crippen LogP contribution in [0.3, 0.4) is 0 Å². The smallest absolute Gasteiger partial charge is 0.291 e. The van der Waals surface area contributed by atoms with Crippen molar-refractivity contribution in [3.05, 3.63) is 94.4 Å². The number of nitrogens with one attached hydrogen (secondary N) is 2. The number of hydrogen-bond acceptors (Lipinski definition) is 6. The van der Waals surface area contributed by atoms with Crippen molar-refractivity contribution < 1.29 is 13.9 Å². The standard InChI is InChI=1S/C27H27N3O3S/c1-2-32-19-14-12-18(13-15-19)25(29-23-11-5-6-16-28-23)24-20-8-3-4-10-22(20)34-27(24)30-26(31)21-9-7-17-33-21/h5-7,9,11-17,25H,2-4,8,10H2,1H3,(H,28,29)(H,30,31)/t25-/m0/s1. The Labute approximate surface area is 203 Å². The highest BCUT2D eigenvalue weighted by Crippen LogP contribution is 2.44. The van der Waals surface area contributed by atoms with Crippen LogP contribution in [0.1, 0.15) is 57.9 Å². The van der Waals surface area contributed by atoms with Crippen molar-refractivity contribution in [3.8, 4) is 5.75 Å². The molecule has 4 aromatic rings. The number of anilines is 2. The summed E-state index contributed by atoms with van der Waals surface area (Å²) in [4.78, 5) is 18.8. The molecule has 1 atom stereocenters. The number of rotatable bonds is 8. The minimum Gasteiger partial charge on any atom is -0.494 e. The molecule has 3 aromatic heterocycles. The lowest BCUT2D eigenvalue weighted by Gasteiger charge is -2.24. The molecule has 1 aliphatic carbocycles. The van der Waals surface area contributed by atoms with Gasteiger partial charge in [-0.25, -0.2) is 4.98 Å². The van der Waals surface area contributed by atoms with Crippen LogP contribution in [0.2, 0.25) is 0 Å². The zero-order chi connectivity index (χ0) is 23.3. The van der Waals surface area contributed by atoms with Gasteiger partial charge in [0.2, 0.25) is 0 Å². The summed E-state index contributed by atoms with van der Waals surface area (Å²) in [7, 11) is 0. The summed E-state index contributed by atoms with van der Waals surface area (Å²) in [6.45, 7) is 2.60. The molecule has 34 heavy (non-hydrogen) atoms. The molecule has 0 saturated carbocycles. The van der Waals surface area contributed by atoms with Crippen LogP contribution in [-0.4, -0.2) is 17.5 Å². The van der Waals surface area contributed by atoms with Crippen LogP contribution in [0.15, 0.2) is 71.5 Å². The van der Waals surface area contributed by atoms with E-state index in [9.17, 15) is 4.79 Å². The predicted molar refractivity (Wildman–Crippen MR) is 135 cm³/mol. The van der Waals surface area contributed by atoms with Gasteiger partial charge in [-0.2, -0.15) is 0 Å². The normalized spacial score (nSPS) is 13.7. The van der Waals surface area contributed by atoms with Gasteiger partial charge in [-0.15, -0.1) is 11.3 Å². The summed E-state index contributed by atoms with van der Waals surface area (Å²) in [5.74, 6) is 1.67. The van der Waals surface area contributed by atoms with Gasteiger partial charge in [0.25, 0.3) is 5.91 Å². The summed E-state index contributed by atoms with van der Waals surface area (Å²) < 4.78 is 11.0. The average molecular weight is 474 g/mol. The SMILES string of the molecule is CCOc1ccc([C@H](Nc2ccccn2)c2c(NC(=O)c3ccco3)sc3c2CCCC3)cc1. The molecule has 174 valence electrons. The molecule has 5 rings (SSSR count). The first-order valence-electron chi connectivity index (χ1n) is 11.6. The largest absolute Gasteiger partial charge is 0.494 e. The Balaban J connectivity index is 1.59. The summed E-state index contributed by atoms with van der Waals surface area (Å²) in [6, 6.07) is 17.2. The number of furan rings is 1. The van der Waals surface area contributed by atoms with E-state index in [1.807, 2.05) is 37.3 Å². The predicted octanol–water partition coefficient (Wildman–Crippen LogP) is 6.47. The summed E-state index contributed by atoms with van der Waals surface area (Å²) in [5, 5.41) is 7.62. The van der Waals surface area contributed by atoms with Gasteiger partial charge in [0.05, 0.1) is 18.9 Å². The Bertz CT molecular complexity index is 1230. The molecule has 0 aliphatic heterocycles. The molecule has 3 heterocycles. The van der Waals surface area contributed by atoms with E-state index in [0.29, 0.717) is 12.4 Å². The highest BCUT2D eigenvalue weighted by atomic mass is 32.1. The number of thiophene rings is 1. The third kappa shape index (κ3) is 4.70. The average Bonchev–Trinajstić information content (AvgIpc) is 3.52. The molecule has 7 heteroatoms. The number of carbonyl (C=O) groups is 1. The maximum Gasteiger partial charge on any atom is 0.291 e. The molecule has 0 radical (unpaired) electrons. The van der Waals surface area contributed by atoms with Gasteiger partial charge in [-0.3, -0.25) is 4.79 Å². The minimum atomic E-state index is -0.242. The number of ether oxygens (including phenoxy) is 1. The lowest BCUT2D eigenvalue weighted by molar-refractivity contribution is 0.0997. The fourth-order valence-electron chi connectivity index (χ4n) is 4.40. The van der Waals surface area contributed by atoms with E-state index in [-0.39, 0.29) is 11.9 Å². The molecule has 0 bridgehead atoms. The van der Waals surface area contributed by atoms with Crippen molar-refractivity contribution in [3.63, 3.8) is 0 Å². The molecular weight excluding hydrogens is 446 g/mol. The van der Waals surface area contributed by atoms with E-state index in [2.05, 4.69) is 27.8 Å². The van der Waals surface area contributed by atoms with Crippen molar-refractivity contribution in [2.24, 2.45) is 0 Å². The van der Waals surface area contributed by atoms with Crippen LogP contribution in [0, 0.1) is 0 Å². The number of nitrogens with zero attached hydrogens (tertiary/aromatic N) is 1. The topological polar surface area (TPSA) is 76.4 Å². The first-order valence-corrected chi connectivity index (χ1v) is 12.4. The van der Waals surface area contributed by atoms with E-state index in [1.165, 1.54) is 23.1 Å². The summed E-state index contributed by atoms with van der Waals surface area (Å²) in [6.07, 6.45) is 7.63. The summed E-state index contributed by atoms with van der Waals surface area (Å²) >= 11 is 1.67. The Morgan fingerprint density at radius 3 is 2.71 bits per heavy atom. The van der Waals surface area contributed by atoms with Crippen molar-refractivity contribution in [2.75, 3.05) is 17.2 Å². The Morgan fingerprint density at radius 2 is 1.97 bits per heavy atom. The van der Waals surface area contributed by atoms with Gasteiger partial charge in [-0.05, 0) is 80.1 Å². The van der Waals surface area contributed by atoms with Crippen molar-refractivity contribution >= 4 is 28.1 Å². The minimum absolute atomic E-state index is 0.185. The fraction of sp³-hybridized carbons (Fsp3) is 0.259. The zero-order valence-corrected chi connectivity index (χ0v) is 19.9. The van der Waals surface area contributed by atoms with Gasteiger partial charge in [0, 0.05) is 16.6 Å². The van der Waals surface area contributed by atoms with E-state index in [0.717, 1.165) is 47.0 Å². The highest BCUT2D eigenvalue weighted by Gasteiger charge is 2.29. The van der Waals surface area contributed by atoms with Gasteiger partial charge >= 0.3 is 0 Å². The maximum atomic E-state index is 12.9. The first-order chi connectivity index (χ1) is 16.7. The third-order valence-corrected chi connectivity index (χ3v) is 7.18. The van der Waals surface area contributed by atoms with Crippen LogP contribution >= 0.6 is 11.3 Å². The Morgan fingerprint density at radius 1 is 1.12 bits per heavy atom. The molecule has 2 N–H and O–H groups in total. The van der Waals surface area contributed by atoms with Crippen LogP contribution in [-0.2, 0) is 12.8 Å². The van der Waals surface area contributed by atoms with Crippen LogP contribution in [0.25, 0.3) is 0 Å². The first kappa shape index (κ1) is 22.2. The lowest BCUT2D eigenvalue weighted by Crippen LogP contribution is -2.18. The number of hydrogen-bond donors (Lipinski definition) is 2. The number of aromatic nitrogens is 1. The molecule has 1 amide bonds. The number of amides is 1. The number of aryl methyl sites for hydroxylation is 1. The molecule has 6 nitrogen and oxygen atoms in total. The fourth-order valence-corrected chi connectivity index (χ4v) is 5.73. The van der Waals surface area contributed by atoms with Gasteiger partial charge < -0.3 is 19.8 Å². The van der Waals surface area contributed by atoms with Crippen molar-refractivity contribution in [2.45, 2.75) is 38.6 Å². The van der Waals surface area contributed by atoms with E-state index < -0.39 is 0 Å². The second-order valence-electron chi connectivity index (χ2n) is 8.18. The van der Waals surface area contributed by atoms with E-state index >= 15 is 0 Å². The number of carbonyl (C=O) groups excluding carboxylic acids is 1. The highest BCUT2D eigenvalue weighted by molar-refractivity contribution is 7.16. The maximum absolute atomic E-state index is 12.9. The van der Waals surface area contributed by atoms with Gasteiger partial charge in [0.15, 0.2) is 5.76 Å². The molecule has 0 unspecified atom stereocenters. The van der Waals surface area contributed by atoms with Crippen LogP contribution < -0.4 is 15.4 Å². The monoisotopic (exact) mass is 473 g/mol. The lowest BCUT2D eigenvalue weighted by atomic mass is 9.89. The molecule has 0 saturated heterocycles. The molecule has 0 fully saturated rings. The number of pyridine rings is 1. The van der Waals surface area contributed by atoms with Crippen molar-refractivity contribution in [1.82, 2.24) is 4.98 Å². The molecule has 0 spiro atoms. The Kier molecular flexibility index (Phi) is 6.62. The third-order valence-electron chi connectivity index (χ3n) is 5.95. The molecule has 1 aliphatic rings.